The third-order valence-electron chi connectivity index (χ3n) is 5.40. The predicted octanol–water partition coefficient (Wildman–Crippen LogP) is 2.06. The van der Waals surface area contributed by atoms with Crippen LogP contribution in [0.2, 0.25) is 0 Å². The summed E-state index contributed by atoms with van der Waals surface area (Å²) in [5.41, 5.74) is 0.122. The lowest BCUT2D eigenvalue weighted by Gasteiger charge is -2.34. The molecule has 0 aromatic carbocycles. The molecule has 1 aliphatic carbocycles. The molecule has 1 amide bonds. The largest absolute Gasteiger partial charge is 0.380 e. The van der Waals surface area contributed by atoms with Gasteiger partial charge in [0.2, 0.25) is 0 Å². The molecule has 1 saturated carbocycles. The van der Waals surface area contributed by atoms with E-state index in [1.54, 1.807) is 6.20 Å². The second-order valence-electron chi connectivity index (χ2n) is 7.56. The van der Waals surface area contributed by atoms with Gasteiger partial charge in [0, 0.05) is 38.6 Å². The molecule has 132 valence electrons. The van der Waals surface area contributed by atoms with Gasteiger partial charge in [-0.05, 0) is 43.9 Å². The number of aliphatic hydroxyl groups is 1. The lowest BCUT2D eigenvalue weighted by Crippen LogP contribution is -2.49. The summed E-state index contributed by atoms with van der Waals surface area (Å²) >= 11 is 0. The van der Waals surface area contributed by atoms with Crippen molar-refractivity contribution in [3.63, 3.8) is 0 Å². The van der Waals surface area contributed by atoms with Crippen molar-refractivity contribution in [1.29, 1.82) is 0 Å². The van der Waals surface area contributed by atoms with Gasteiger partial charge in [-0.1, -0.05) is 25.3 Å². The van der Waals surface area contributed by atoms with Crippen molar-refractivity contribution in [2.45, 2.75) is 50.7 Å². The maximum Gasteiger partial charge on any atom is 0.254 e. The molecule has 1 N–H and O–H groups in total. The summed E-state index contributed by atoms with van der Waals surface area (Å²) in [6, 6.07) is 4.05. The van der Waals surface area contributed by atoms with Gasteiger partial charge in [0.25, 0.3) is 5.91 Å². The van der Waals surface area contributed by atoms with E-state index in [1.165, 1.54) is 5.56 Å². The monoisotopic (exact) mass is 331 g/mol. The number of rotatable bonds is 5. The van der Waals surface area contributed by atoms with E-state index >= 15 is 0 Å². The van der Waals surface area contributed by atoms with Crippen LogP contribution in [-0.4, -0.2) is 58.1 Å². The molecule has 0 bridgehead atoms. The van der Waals surface area contributed by atoms with Crippen LogP contribution < -0.4 is 0 Å². The summed E-state index contributed by atoms with van der Waals surface area (Å²) in [6.45, 7) is 3.41. The third kappa shape index (κ3) is 4.14. The van der Waals surface area contributed by atoms with Crippen molar-refractivity contribution in [2.24, 2.45) is 5.92 Å². The third-order valence-corrected chi connectivity index (χ3v) is 5.40. The van der Waals surface area contributed by atoms with Crippen LogP contribution >= 0.6 is 0 Å². The van der Waals surface area contributed by atoms with Crippen LogP contribution in [0.1, 0.15) is 44.1 Å². The van der Waals surface area contributed by atoms with Gasteiger partial charge in [-0.25, -0.2) is 0 Å². The molecule has 1 atom stereocenters. The van der Waals surface area contributed by atoms with Crippen molar-refractivity contribution in [2.75, 3.05) is 26.7 Å². The van der Waals surface area contributed by atoms with Gasteiger partial charge in [-0.2, -0.15) is 0 Å². The molecule has 24 heavy (non-hydrogen) atoms. The maximum atomic E-state index is 12.7. The Morgan fingerprint density at radius 3 is 2.92 bits per heavy atom. The predicted molar refractivity (Wildman–Crippen MR) is 93.3 cm³/mol. The van der Waals surface area contributed by atoms with E-state index in [4.69, 9.17) is 0 Å². The van der Waals surface area contributed by atoms with Crippen LogP contribution in [0.4, 0.5) is 0 Å². The Bertz CT molecular complexity index is 543. The number of pyridine rings is 1. The molecule has 2 heterocycles. The zero-order chi connectivity index (χ0) is 17.0. The van der Waals surface area contributed by atoms with Crippen LogP contribution in [0.3, 0.4) is 0 Å². The zero-order valence-corrected chi connectivity index (χ0v) is 14.7. The summed E-state index contributed by atoms with van der Waals surface area (Å²) in [6.07, 6.45) is 9.05. The molecule has 2 fully saturated rings. The summed E-state index contributed by atoms with van der Waals surface area (Å²) in [5.74, 6) is 0.461. The minimum Gasteiger partial charge on any atom is -0.380 e. The van der Waals surface area contributed by atoms with Crippen LogP contribution in [0.25, 0.3) is 0 Å². The Morgan fingerprint density at radius 1 is 1.42 bits per heavy atom. The van der Waals surface area contributed by atoms with Crippen molar-refractivity contribution in [3.05, 3.63) is 30.1 Å². The molecule has 5 nitrogen and oxygen atoms in total. The van der Waals surface area contributed by atoms with E-state index in [9.17, 15) is 9.90 Å². The highest BCUT2D eigenvalue weighted by Gasteiger charge is 2.42. The Morgan fingerprint density at radius 2 is 2.21 bits per heavy atom. The summed E-state index contributed by atoms with van der Waals surface area (Å²) < 4.78 is 0. The molecule has 3 rings (SSSR count). The standard InChI is InChI=1S/C19H29N3O2/c1-21(13-16-6-5-10-20-12-16)14-17-7-11-22(15-17)18(23)19(24)8-3-2-4-9-19/h5-6,10,12,17,24H,2-4,7-9,11,13-15H2,1H3/t17-/m1/s1. The number of likely N-dealkylation sites (tertiary alicyclic amines) is 1. The number of carbonyl (C=O) groups excluding carboxylic acids is 1. The Balaban J connectivity index is 1.49. The Labute approximate surface area is 144 Å². The van der Waals surface area contributed by atoms with Crippen molar-refractivity contribution < 1.29 is 9.90 Å². The number of aromatic nitrogens is 1. The average Bonchev–Trinajstić information content (AvgIpc) is 3.04. The van der Waals surface area contributed by atoms with E-state index < -0.39 is 5.60 Å². The Kier molecular flexibility index (Phi) is 5.51. The second kappa shape index (κ2) is 7.62. The normalized spacial score (nSPS) is 23.6. The highest BCUT2D eigenvalue weighted by atomic mass is 16.3. The summed E-state index contributed by atoms with van der Waals surface area (Å²) in [7, 11) is 2.12. The minimum absolute atomic E-state index is 0.0281. The molecule has 2 aliphatic rings. The smallest absolute Gasteiger partial charge is 0.254 e. The Hall–Kier alpha value is -1.46. The van der Waals surface area contributed by atoms with E-state index in [1.807, 2.05) is 17.2 Å². The van der Waals surface area contributed by atoms with Crippen LogP contribution in [0, 0.1) is 5.92 Å². The maximum absolute atomic E-state index is 12.7. The minimum atomic E-state index is -1.09. The van der Waals surface area contributed by atoms with Gasteiger partial charge in [0.1, 0.15) is 5.60 Å². The highest BCUT2D eigenvalue weighted by Crippen LogP contribution is 2.31. The fraction of sp³-hybridized carbons (Fsp3) is 0.684. The molecule has 1 aliphatic heterocycles. The van der Waals surface area contributed by atoms with Crippen molar-refractivity contribution in [1.82, 2.24) is 14.8 Å². The highest BCUT2D eigenvalue weighted by molar-refractivity contribution is 5.85. The van der Waals surface area contributed by atoms with E-state index in [0.29, 0.717) is 18.8 Å². The van der Waals surface area contributed by atoms with E-state index in [2.05, 4.69) is 23.0 Å². The zero-order valence-electron chi connectivity index (χ0n) is 14.7. The van der Waals surface area contributed by atoms with Crippen LogP contribution in [0.5, 0.6) is 0 Å². The first-order chi connectivity index (χ1) is 11.6. The topological polar surface area (TPSA) is 56.7 Å². The van der Waals surface area contributed by atoms with Crippen molar-refractivity contribution in [3.8, 4) is 0 Å². The fourth-order valence-corrected chi connectivity index (χ4v) is 4.12. The van der Waals surface area contributed by atoms with E-state index in [-0.39, 0.29) is 5.91 Å². The van der Waals surface area contributed by atoms with Crippen LogP contribution in [0.15, 0.2) is 24.5 Å². The molecule has 5 heteroatoms. The SMILES string of the molecule is CN(Cc1cccnc1)C[C@H]1CCN(C(=O)C2(O)CCCCC2)C1. The molecular weight excluding hydrogens is 302 g/mol. The average molecular weight is 331 g/mol. The fourth-order valence-electron chi connectivity index (χ4n) is 4.12. The van der Waals surface area contributed by atoms with Gasteiger partial charge >= 0.3 is 0 Å². The number of nitrogens with zero attached hydrogens (tertiary/aromatic N) is 3. The lowest BCUT2D eigenvalue weighted by molar-refractivity contribution is -0.153. The van der Waals surface area contributed by atoms with Crippen molar-refractivity contribution >= 4 is 5.91 Å². The van der Waals surface area contributed by atoms with Gasteiger partial charge in [-0.3, -0.25) is 9.78 Å². The van der Waals surface area contributed by atoms with Gasteiger partial charge in [-0.15, -0.1) is 0 Å². The first-order valence-electron chi connectivity index (χ1n) is 9.16. The van der Waals surface area contributed by atoms with Gasteiger partial charge in [0.05, 0.1) is 0 Å². The first kappa shape index (κ1) is 17.4. The van der Waals surface area contributed by atoms with Crippen LogP contribution in [-0.2, 0) is 11.3 Å². The van der Waals surface area contributed by atoms with E-state index in [0.717, 1.165) is 51.9 Å². The summed E-state index contributed by atoms with van der Waals surface area (Å²) in [5, 5.41) is 10.7. The molecule has 1 saturated heterocycles. The molecule has 1 aromatic rings. The summed E-state index contributed by atoms with van der Waals surface area (Å²) in [4.78, 5) is 21.0. The quantitative estimate of drug-likeness (QED) is 0.897. The number of carbonyl (C=O) groups is 1. The molecule has 1 aromatic heterocycles. The molecule has 0 spiro atoms. The first-order valence-corrected chi connectivity index (χ1v) is 9.16. The molecule has 0 radical (unpaired) electrons. The molecular formula is C19H29N3O2. The second-order valence-corrected chi connectivity index (χ2v) is 7.56. The van der Waals surface area contributed by atoms with Gasteiger partial charge < -0.3 is 14.9 Å². The molecule has 0 unspecified atom stereocenters. The number of hydrogen-bond acceptors (Lipinski definition) is 4. The lowest BCUT2D eigenvalue weighted by atomic mass is 9.84. The number of hydrogen-bond donors (Lipinski definition) is 1. The number of amides is 1. The van der Waals surface area contributed by atoms with Gasteiger partial charge in [0.15, 0.2) is 0 Å².